The number of hydrogen-bond acceptors (Lipinski definition) is 2. The topological polar surface area (TPSA) is 40.5 Å². The van der Waals surface area contributed by atoms with Crippen LogP contribution in [0.4, 0.5) is 13.2 Å². The molecule has 5 heteroatoms. The summed E-state index contributed by atoms with van der Waals surface area (Å²) in [5.41, 5.74) is -1.07. The highest BCUT2D eigenvalue weighted by molar-refractivity contribution is 5.37. The fourth-order valence-electron chi connectivity index (χ4n) is 0.759. The van der Waals surface area contributed by atoms with E-state index in [1.54, 1.807) is 0 Å². The Morgan fingerprint density at radius 3 is 1.67 bits per heavy atom. The summed E-state index contributed by atoms with van der Waals surface area (Å²) in [6, 6.07) is 1.91. The highest BCUT2D eigenvalue weighted by atomic mass is 19.4. The summed E-state index contributed by atoms with van der Waals surface area (Å²) in [5, 5.41) is 17.4. The smallest absolute Gasteiger partial charge is 0.416 e. The van der Waals surface area contributed by atoms with Crippen molar-refractivity contribution >= 4 is 0 Å². The SMILES string of the molecule is Oc1cc(O)cc(C(F)(F)F)c1. The van der Waals surface area contributed by atoms with Crippen LogP contribution in [0.3, 0.4) is 0 Å². The average Bonchev–Trinajstić information content (AvgIpc) is 1.82. The molecule has 0 saturated heterocycles. The molecule has 0 heterocycles. The summed E-state index contributed by atoms with van der Waals surface area (Å²) in [4.78, 5) is 0. The van der Waals surface area contributed by atoms with Gasteiger partial charge in [0.15, 0.2) is 0 Å². The lowest BCUT2D eigenvalue weighted by molar-refractivity contribution is -0.137. The highest BCUT2D eigenvalue weighted by Gasteiger charge is 2.31. The molecule has 1 rings (SSSR count). The van der Waals surface area contributed by atoms with Crippen LogP contribution in [0.2, 0.25) is 0 Å². The molecule has 12 heavy (non-hydrogen) atoms. The summed E-state index contributed by atoms with van der Waals surface area (Å²) in [5.74, 6) is -1.22. The Balaban J connectivity index is 3.18. The molecule has 0 fully saturated rings. The molecule has 66 valence electrons. The van der Waals surface area contributed by atoms with E-state index in [0.717, 1.165) is 6.07 Å². The molecule has 0 aliphatic heterocycles. The Labute approximate surface area is 65.9 Å². The molecule has 0 aliphatic carbocycles. The number of alkyl halides is 3. The van der Waals surface area contributed by atoms with Crippen LogP contribution >= 0.6 is 0 Å². The molecule has 2 N–H and O–H groups in total. The van der Waals surface area contributed by atoms with Crippen molar-refractivity contribution < 1.29 is 23.4 Å². The fraction of sp³-hybridized carbons (Fsp3) is 0.143. The van der Waals surface area contributed by atoms with Crippen LogP contribution in [0.15, 0.2) is 18.2 Å². The molecule has 0 atom stereocenters. The van der Waals surface area contributed by atoms with Gasteiger partial charge in [-0.1, -0.05) is 0 Å². The zero-order valence-electron chi connectivity index (χ0n) is 5.76. The van der Waals surface area contributed by atoms with Crippen LogP contribution in [0, 0.1) is 0 Å². The van der Waals surface area contributed by atoms with Gasteiger partial charge in [-0.3, -0.25) is 0 Å². The quantitative estimate of drug-likeness (QED) is 0.638. The Bertz CT molecular complexity index is 273. The number of rotatable bonds is 0. The largest absolute Gasteiger partial charge is 0.508 e. The Morgan fingerprint density at radius 1 is 0.917 bits per heavy atom. The van der Waals surface area contributed by atoms with E-state index in [2.05, 4.69) is 0 Å². The van der Waals surface area contributed by atoms with Gasteiger partial charge in [0, 0.05) is 6.07 Å². The van der Waals surface area contributed by atoms with E-state index in [1.165, 1.54) is 0 Å². The molecule has 0 amide bonds. The maximum absolute atomic E-state index is 11.9. The van der Waals surface area contributed by atoms with Gasteiger partial charge in [-0.2, -0.15) is 13.2 Å². The number of phenolic OH excluding ortho intramolecular Hbond substituents is 2. The molecular weight excluding hydrogens is 173 g/mol. The van der Waals surface area contributed by atoms with Gasteiger partial charge in [-0.25, -0.2) is 0 Å². The minimum absolute atomic E-state index is 0.541. The maximum atomic E-state index is 11.9. The molecule has 1 aromatic carbocycles. The third-order valence-corrected chi connectivity index (χ3v) is 1.23. The lowest BCUT2D eigenvalue weighted by Crippen LogP contribution is -2.03. The molecule has 0 aromatic heterocycles. The third-order valence-electron chi connectivity index (χ3n) is 1.23. The monoisotopic (exact) mass is 178 g/mol. The van der Waals surface area contributed by atoms with Crippen LogP contribution in [0.1, 0.15) is 5.56 Å². The maximum Gasteiger partial charge on any atom is 0.416 e. The summed E-state index contributed by atoms with van der Waals surface area (Å²) in [7, 11) is 0. The Kier molecular flexibility index (Phi) is 1.87. The van der Waals surface area contributed by atoms with E-state index in [-0.39, 0.29) is 0 Å². The van der Waals surface area contributed by atoms with Crippen molar-refractivity contribution in [2.45, 2.75) is 6.18 Å². The van der Waals surface area contributed by atoms with Crippen LogP contribution in [-0.2, 0) is 6.18 Å². The van der Waals surface area contributed by atoms with Gasteiger partial charge >= 0.3 is 6.18 Å². The Morgan fingerprint density at radius 2 is 1.33 bits per heavy atom. The third kappa shape index (κ3) is 1.81. The van der Waals surface area contributed by atoms with Gasteiger partial charge in [-0.05, 0) is 12.1 Å². The van der Waals surface area contributed by atoms with E-state index in [9.17, 15) is 13.2 Å². The summed E-state index contributed by atoms with van der Waals surface area (Å²) in [6.45, 7) is 0. The fourth-order valence-corrected chi connectivity index (χ4v) is 0.759. The second-order valence-corrected chi connectivity index (χ2v) is 2.24. The van der Waals surface area contributed by atoms with E-state index in [1.807, 2.05) is 0 Å². The van der Waals surface area contributed by atoms with Gasteiger partial charge in [0.25, 0.3) is 0 Å². The predicted octanol–water partition coefficient (Wildman–Crippen LogP) is 2.12. The molecule has 0 unspecified atom stereocenters. The molecule has 1 aromatic rings. The zero-order valence-corrected chi connectivity index (χ0v) is 5.76. The first-order valence-electron chi connectivity index (χ1n) is 3.00. The van der Waals surface area contributed by atoms with E-state index < -0.39 is 23.2 Å². The zero-order chi connectivity index (χ0) is 9.35. The van der Waals surface area contributed by atoms with Crippen molar-refractivity contribution in [2.75, 3.05) is 0 Å². The number of aromatic hydroxyl groups is 2. The number of benzene rings is 1. The Hall–Kier alpha value is -1.39. The number of phenols is 2. The van der Waals surface area contributed by atoms with Gasteiger partial charge in [0.2, 0.25) is 0 Å². The summed E-state index contributed by atoms with van der Waals surface area (Å²) >= 11 is 0. The lowest BCUT2D eigenvalue weighted by atomic mass is 10.2. The lowest BCUT2D eigenvalue weighted by Gasteiger charge is -2.06. The molecule has 0 aliphatic rings. The molecular formula is C7H5F3O2. The van der Waals surface area contributed by atoms with Crippen LogP contribution < -0.4 is 0 Å². The summed E-state index contributed by atoms with van der Waals surface area (Å²) < 4.78 is 35.8. The first-order chi connectivity index (χ1) is 5.39. The average molecular weight is 178 g/mol. The second kappa shape index (κ2) is 2.58. The van der Waals surface area contributed by atoms with Crippen molar-refractivity contribution in [2.24, 2.45) is 0 Å². The molecule has 2 nitrogen and oxygen atoms in total. The van der Waals surface area contributed by atoms with Crippen LogP contribution in [-0.4, -0.2) is 10.2 Å². The van der Waals surface area contributed by atoms with Gasteiger partial charge in [0.1, 0.15) is 11.5 Å². The molecule has 0 bridgehead atoms. The van der Waals surface area contributed by atoms with Gasteiger partial charge in [0.05, 0.1) is 5.56 Å². The minimum Gasteiger partial charge on any atom is -0.508 e. The summed E-state index contributed by atoms with van der Waals surface area (Å²) in [6.07, 6.45) is -4.55. The van der Waals surface area contributed by atoms with Crippen molar-refractivity contribution in [3.05, 3.63) is 23.8 Å². The van der Waals surface area contributed by atoms with Crippen LogP contribution in [0.25, 0.3) is 0 Å². The van der Waals surface area contributed by atoms with Crippen molar-refractivity contribution in [3.63, 3.8) is 0 Å². The van der Waals surface area contributed by atoms with Crippen LogP contribution in [0.5, 0.6) is 11.5 Å². The first-order valence-corrected chi connectivity index (χ1v) is 3.00. The van der Waals surface area contributed by atoms with E-state index in [0.29, 0.717) is 12.1 Å². The van der Waals surface area contributed by atoms with Gasteiger partial charge in [-0.15, -0.1) is 0 Å². The standard InChI is InChI=1S/C7H5F3O2/c8-7(9,10)4-1-5(11)3-6(12)2-4/h1-3,11-12H. The van der Waals surface area contributed by atoms with Crippen molar-refractivity contribution in [3.8, 4) is 11.5 Å². The van der Waals surface area contributed by atoms with E-state index >= 15 is 0 Å². The molecule has 0 spiro atoms. The van der Waals surface area contributed by atoms with Crippen molar-refractivity contribution in [1.29, 1.82) is 0 Å². The van der Waals surface area contributed by atoms with Crippen molar-refractivity contribution in [1.82, 2.24) is 0 Å². The predicted molar refractivity (Wildman–Crippen MR) is 34.8 cm³/mol. The van der Waals surface area contributed by atoms with E-state index in [4.69, 9.17) is 10.2 Å². The molecule has 0 radical (unpaired) electrons. The first kappa shape index (κ1) is 8.70. The minimum atomic E-state index is -4.55. The normalized spacial score (nSPS) is 11.6. The second-order valence-electron chi connectivity index (χ2n) is 2.24. The molecule has 0 saturated carbocycles. The number of hydrogen-bond donors (Lipinski definition) is 2. The number of halogens is 3. The van der Waals surface area contributed by atoms with Gasteiger partial charge < -0.3 is 10.2 Å². The highest BCUT2D eigenvalue weighted by Crippen LogP contribution is 2.33.